The molecule has 0 heterocycles. The van der Waals surface area contributed by atoms with E-state index in [0.717, 1.165) is 24.8 Å². The van der Waals surface area contributed by atoms with Crippen molar-refractivity contribution in [1.82, 2.24) is 5.32 Å². The van der Waals surface area contributed by atoms with Crippen molar-refractivity contribution >= 4 is 5.91 Å². The molecule has 0 bridgehead atoms. The predicted octanol–water partition coefficient (Wildman–Crippen LogP) is 2.60. The first-order valence-corrected chi connectivity index (χ1v) is 7.09. The number of benzene rings is 1. The number of amides is 1. The Labute approximate surface area is 116 Å². The summed E-state index contributed by atoms with van der Waals surface area (Å²) in [5.41, 5.74) is 6.23. The minimum atomic E-state index is -0.527. The molecule has 3 N–H and O–H groups in total. The number of hydrogen-bond donors (Lipinski definition) is 2. The Hall–Kier alpha value is -1.35. The molecule has 0 aromatic heterocycles. The van der Waals surface area contributed by atoms with Crippen LogP contribution >= 0.6 is 0 Å². The first-order valence-electron chi connectivity index (χ1n) is 7.09. The smallest absolute Gasteiger partial charge is 0.230 e. The van der Waals surface area contributed by atoms with Gasteiger partial charge < -0.3 is 11.1 Å². The van der Waals surface area contributed by atoms with Gasteiger partial charge in [-0.2, -0.15) is 0 Å². The zero-order valence-electron chi connectivity index (χ0n) is 12.3. The van der Waals surface area contributed by atoms with Crippen molar-refractivity contribution in [2.45, 2.75) is 51.5 Å². The Balaban J connectivity index is 2.70. The zero-order chi connectivity index (χ0) is 14.3. The van der Waals surface area contributed by atoms with Crippen LogP contribution in [0.1, 0.15) is 45.6 Å². The molecule has 1 unspecified atom stereocenters. The first kappa shape index (κ1) is 15.7. The van der Waals surface area contributed by atoms with Crippen molar-refractivity contribution in [2.24, 2.45) is 5.73 Å². The topological polar surface area (TPSA) is 55.1 Å². The van der Waals surface area contributed by atoms with Crippen LogP contribution in [0, 0.1) is 0 Å². The molecule has 1 rings (SSSR count). The van der Waals surface area contributed by atoms with E-state index < -0.39 is 5.41 Å². The lowest BCUT2D eigenvalue weighted by Crippen LogP contribution is -2.47. The number of rotatable bonds is 7. The van der Waals surface area contributed by atoms with E-state index in [1.807, 2.05) is 44.2 Å². The van der Waals surface area contributed by atoms with E-state index in [0.29, 0.717) is 6.54 Å². The predicted molar refractivity (Wildman–Crippen MR) is 80.0 cm³/mol. The molecule has 1 amide bonds. The van der Waals surface area contributed by atoms with Crippen molar-refractivity contribution in [1.29, 1.82) is 0 Å². The van der Waals surface area contributed by atoms with Gasteiger partial charge in [-0.05, 0) is 25.8 Å². The van der Waals surface area contributed by atoms with Crippen LogP contribution < -0.4 is 11.1 Å². The highest BCUT2D eigenvalue weighted by Crippen LogP contribution is 2.23. The molecule has 0 saturated carbocycles. The van der Waals surface area contributed by atoms with Crippen LogP contribution in [-0.2, 0) is 10.2 Å². The lowest BCUT2D eigenvalue weighted by Gasteiger charge is -2.27. The summed E-state index contributed by atoms with van der Waals surface area (Å²) in [7, 11) is 0. The number of unbranched alkanes of at least 4 members (excludes halogenated alkanes) is 1. The van der Waals surface area contributed by atoms with Crippen molar-refractivity contribution < 1.29 is 4.79 Å². The highest BCUT2D eigenvalue weighted by Gasteiger charge is 2.30. The maximum Gasteiger partial charge on any atom is 0.230 e. The van der Waals surface area contributed by atoms with Gasteiger partial charge in [0.1, 0.15) is 0 Å². The Morgan fingerprint density at radius 3 is 2.47 bits per heavy atom. The SMILES string of the molecule is CCCCC(CN)NC(=O)C(C)(C)c1ccccc1. The van der Waals surface area contributed by atoms with Crippen LogP contribution in [0.2, 0.25) is 0 Å². The maximum absolute atomic E-state index is 12.4. The van der Waals surface area contributed by atoms with E-state index in [-0.39, 0.29) is 11.9 Å². The van der Waals surface area contributed by atoms with Gasteiger partial charge in [0.25, 0.3) is 0 Å². The van der Waals surface area contributed by atoms with Gasteiger partial charge in [0.05, 0.1) is 5.41 Å². The molecule has 0 aliphatic carbocycles. The fourth-order valence-corrected chi connectivity index (χ4v) is 2.05. The average molecular weight is 262 g/mol. The summed E-state index contributed by atoms with van der Waals surface area (Å²) < 4.78 is 0. The van der Waals surface area contributed by atoms with Crippen molar-refractivity contribution in [3.05, 3.63) is 35.9 Å². The number of carbonyl (C=O) groups excluding carboxylic acids is 1. The average Bonchev–Trinajstić information content (AvgIpc) is 2.44. The number of hydrogen-bond acceptors (Lipinski definition) is 2. The van der Waals surface area contributed by atoms with Crippen LogP contribution in [0.25, 0.3) is 0 Å². The normalized spacial score (nSPS) is 13.1. The number of carbonyl (C=O) groups is 1. The van der Waals surface area contributed by atoms with Crippen LogP contribution in [0.4, 0.5) is 0 Å². The van der Waals surface area contributed by atoms with Gasteiger partial charge in [-0.25, -0.2) is 0 Å². The third-order valence-electron chi connectivity index (χ3n) is 3.59. The summed E-state index contributed by atoms with van der Waals surface area (Å²) in [5.74, 6) is 0.0465. The fourth-order valence-electron chi connectivity index (χ4n) is 2.05. The standard InChI is InChI=1S/C16H26N2O/c1-4-5-11-14(12-17)18-15(19)16(2,3)13-9-7-6-8-10-13/h6-10,14H,4-5,11-12,17H2,1-3H3,(H,18,19). The second-order valence-electron chi connectivity index (χ2n) is 5.54. The molecule has 19 heavy (non-hydrogen) atoms. The molecule has 0 spiro atoms. The van der Waals surface area contributed by atoms with E-state index in [9.17, 15) is 4.79 Å². The molecule has 1 aromatic rings. The van der Waals surface area contributed by atoms with E-state index in [1.165, 1.54) is 0 Å². The number of nitrogens with one attached hydrogen (secondary N) is 1. The molecular weight excluding hydrogens is 236 g/mol. The van der Waals surface area contributed by atoms with Gasteiger partial charge in [0, 0.05) is 12.6 Å². The zero-order valence-corrected chi connectivity index (χ0v) is 12.3. The fraction of sp³-hybridized carbons (Fsp3) is 0.562. The van der Waals surface area contributed by atoms with E-state index in [2.05, 4.69) is 12.2 Å². The summed E-state index contributed by atoms with van der Waals surface area (Å²) >= 11 is 0. The quantitative estimate of drug-likeness (QED) is 0.793. The summed E-state index contributed by atoms with van der Waals surface area (Å²) in [4.78, 5) is 12.4. The lowest BCUT2D eigenvalue weighted by atomic mass is 9.83. The summed E-state index contributed by atoms with van der Waals surface area (Å²) in [5, 5.41) is 3.08. The lowest BCUT2D eigenvalue weighted by molar-refractivity contribution is -0.126. The van der Waals surface area contributed by atoms with Gasteiger partial charge in [0.2, 0.25) is 5.91 Å². The molecule has 0 radical (unpaired) electrons. The van der Waals surface area contributed by atoms with Gasteiger partial charge >= 0.3 is 0 Å². The summed E-state index contributed by atoms with van der Waals surface area (Å²) in [6.45, 7) is 6.54. The third kappa shape index (κ3) is 4.35. The van der Waals surface area contributed by atoms with Crippen molar-refractivity contribution in [3.63, 3.8) is 0 Å². The second kappa shape index (κ2) is 7.29. The minimum absolute atomic E-state index is 0.0465. The Morgan fingerprint density at radius 1 is 1.32 bits per heavy atom. The van der Waals surface area contributed by atoms with E-state index in [1.54, 1.807) is 0 Å². The Bertz CT molecular complexity index is 387. The van der Waals surface area contributed by atoms with Gasteiger partial charge in [-0.1, -0.05) is 50.1 Å². The summed E-state index contributed by atoms with van der Waals surface area (Å²) in [6.07, 6.45) is 3.16. The monoisotopic (exact) mass is 262 g/mol. The molecule has 106 valence electrons. The maximum atomic E-state index is 12.4. The van der Waals surface area contributed by atoms with Crippen LogP contribution in [-0.4, -0.2) is 18.5 Å². The van der Waals surface area contributed by atoms with Crippen LogP contribution in [0.5, 0.6) is 0 Å². The van der Waals surface area contributed by atoms with Crippen LogP contribution in [0.15, 0.2) is 30.3 Å². The highest BCUT2D eigenvalue weighted by atomic mass is 16.2. The molecule has 1 aromatic carbocycles. The molecular formula is C16H26N2O. The molecule has 0 fully saturated rings. The number of nitrogens with two attached hydrogens (primary N) is 1. The summed E-state index contributed by atoms with van der Waals surface area (Å²) in [6, 6.07) is 9.94. The Kier molecular flexibility index (Phi) is 6.03. The van der Waals surface area contributed by atoms with Crippen molar-refractivity contribution in [2.75, 3.05) is 6.54 Å². The molecule has 0 aliphatic rings. The van der Waals surface area contributed by atoms with E-state index >= 15 is 0 Å². The van der Waals surface area contributed by atoms with Gasteiger partial charge in [-0.15, -0.1) is 0 Å². The van der Waals surface area contributed by atoms with Crippen molar-refractivity contribution in [3.8, 4) is 0 Å². The second-order valence-corrected chi connectivity index (χ2v) is 5.54. The first-order chi connectivity index (χ1) is 9.02. The molecule has 0 aliphatic heterocycles. The molecule has 1 atom stereocenters. The largest absolute Gasteiger partial charge is 0.351 e. The van der Waals surface area contributed by atoms with Gasteiger partial charge in [0.15, 0.2) is 0 Å². The molecule has 0 saturated heterocycles. The Morgan fingerprint density at radius 2 is 1.95 bits per heavy atom. The molecule has 3 nitrogen and oxygen atoms in total. The van der Waals surface area contributed by atoms with Gasteiger partial charge in [-0.3, -0.25) is 4.79 Å². The molecule has 3 heteroatoms. The third-order valence-corrected chi connectivity index (χ3v) is 3.59. The minimum Gasteiger partial charge on any atom is -0.351 e. The van der Waals surface area contributed by atoms with E-state index in [4.69, 9.17) is 5.73 Å². The highest BCUT2D eigenvalue weighted by molar-refractivity contribution is 5.87. The van der Waals surface area contributed by atoms with Crippen LogP contribution in [0.3, 0.4) is 0 Å².